The molecule has 0 bridgehead atoms. The summed E-state index contributed by atoms with van der Waals surface area (Å²) >= 11 is 0. The molecule has 2 rings (SSSR count). The van der Waals surface area contributed by atoms with Gasteiger partial charge in [0.1, 0.15) is 0 Å². The highest BCUT2D eigenvalue weighted by atomic mass is 15.3. The molecule has 0 saturated carbocycles. The van der Waals surface area contributed by atoms with Crippen LogP contribution in [0.15, 0.2) is 18.3 Å². The Morgan fingerprint density at radius 3 is 2.80 bits per heavy atom. The summed E-state index contributed by atoms with van der Waals surface area (Å²) in [5.41, 5.74) is 8.57. The fourth-order valence-electron chi connectivity index (χ4n) is 1.53. The first-order valence-electron chi connectivity index (χ1n) is 4.76. The molecule has 0 unspecified atom stereocenters. The van der Waals surface area contributed by atoms with E-state index in [0.717, 1.165) is 17.0 Å². The number of nitrogens with two attached hydrogens (primary N) is 1. The van der Waals surface area contributed by atoms with Gasteiger partial charge in [-0.05, 0) is 26.0 Å². The summed E-state index contributed by atoms with van der Waals surface area (Å²) in [6, 6.07) is 3.85. The van der Waals surface area contributed by atoms with Crippen LogP contribution in [-0.2, 0) is 6.54 Å². The van der Waals surface area contributed by atoms with Crippen LogP contribution in [0.1, 0.15) is 17.0 Å². The predicted molar refractivity (Wildman–Crippen MR) is 56.5 cm³/mol. The van der Waals surface area contributed by atoms with E-state index in [1.165, 1.54) is 0 Å². The van der Waals surface area contributed by atoms with Gasteiger partial charge in [-0.15, -0.1) is 5.10 Å². The molecule has 2 heterocycles. The molecule has 2 aromatic rings. The summed E-state index contributed by atoms with van der Waals surface area (Å²) < 4.78 is 1.77. The maximum absolute atomic E-state index is 5.64. The zero-order chi connectivity index (χ0) is 10.8. The lowest BCUT2D eigenvalue weighted by atomic mass is 10.3. The van der Waals surface area contributed by atoms with E-state index >= 15 is 0 Å². The number of hydrogen-bond donors (Lipinski definition) is 1. The van der Waals surface area contributed by atoms with E-state index in [4.69, 9.17) is 5.73 Å². The normalized spacial score (nSPS) is 10.6. The zero-order valence-corrected chi connectivity index (χ0v) is 8.81. The molecule has 0 atom stereocenters. The highest BCUT2D eigenvalue weighted by Gasteiger charge is 2.09. The van der Waals surface area contributed by atoms with Gasteiger partial charge in [0.25, 0.3) is 0 Å². The van der Waals surface area contributed by atoms with E-state index < -0.39 is 0 Å². The smallest absolute Gasteiger partial charge is 0.180 e. The Morgan fingerprint density at radius 1 is 1.40 bits per heavy atom. The summed E-state index contributed by atoms with van der Waals surface area (Å²) in [7, 11) is 0. The van der Waals surface area contributed by atoms with Crippen molar-refractivity contribution in [2.24, 2.45) is 5.73 Å². The summed E-state index contributed by atoms with van der Waals surface area (Å²) in [6.07, 6.45) is 1.64. The Kier molecular flexibility index (Phi) is 2.47. The number of aromatic nitrogens is 4. The third-order valence-corrected chi connectivity index (χ3v) is 2.21. The van der Waals surface area contributed by atoms with Gasteiger partial charge in [0, 0.05) is 17.8 Å². The van der Waals surface area contributed by atoms with E-state index in [1.807, 2.05) is 26.0 Å². The predicted octanol–water partition coefficient (Wildman–Crippen LogP) is 0.738. The van der Waals surface area contributed by atoms with Gasteiger partial charge in [0.15, 0.2) is 5.82 Å². The van der Waals surface area contributed by atoms with Crippen LogP contribution in [-0.4, -0.2) is 20.0 Å². The second-order valence-corrected chi connectivity index (χ2v) is 3.42. The van der Waals surface area contributed by atoms with E-state index in [1.54, 1.807) is 10.9 Å². The maximum Gasteiger partial charge on any atom is 0.180 e. The van der Waals surface area contributed by atoms with Crippen molar-refractivity contribution in [2.45, 2.75) is 20.4 Å². The molecule has 2 N–H and O–H groups in total. The minimum Gasteiger partial charge on any atom is -0.326 e. The largest absolute Gasteiger partial charge is 0.326 e. The van der Waals surface area contributed by atoms with Crippen molar-refractivity contribution in [1.82, 2.24) is 20.0 Å². The van der Waals surface area contributed by atoms with Crippen molar-refractivity contribution in [3.8, 4) is 5.82 Å². The van der Waals surface area contributed by atoms with Crippen LogP contribution in [0.4, 0.5) is 0 Å². The van der Waals surface area contributed by atoms with E-state index in [9.17, 15) is 0 Å². The first-order chi connectivity index (χ1) is 7.22. The Hall–Kier alpha value is -1.75. The first kappa shape index (κ1) is 9.79. The van der Waals surface area contributed by atoms with Crippen molar-refractivity contribution in [2.75, 3.05) is 0 Å². The van der Waals surface area contributed by atoms with Crippen molar-refractivity contribution in [3.05, 3.63) is 35.3 Å². The average Bonchev–Trinajstić information content (AvgIpc) is 2.57. The molecule has 0 spiro atoms. The lowest BCUT2D eigenvalue weighted by Gasteiger charge is -2.06. The molecule has 0 fully saturated rings. The van der Waals surface area contributed by atoms with Gasteiger partial charge in [0.2, 0.25) is 0 Å². The van der Waals surface area contributed by atoms with Gasteiger partial charge in [-0.2, -0.15) is 10.2 Å². The zero-order valence-electron chi connectivity index (χ0n) is 8.81. The van der Waals surface area contributed by atoms with Crippen LogP contribution < -0.4 is 5.73 Å². The molecular formula is C10H13N5. The monoisotopic (exact) mass is 203 g/mol. The number of aryl methyl sites for hydroxylation is 2. The highest BCUT2D eigenvalue weighted by molar-refractivity contribution is 5.33. The molecule has 5 nitrogen and oxygen atoms in total. The van der Waals surface area contributed by atoms with E-state index in [2.05, 4.69) is 15.3 Å². The molecule has 0 aliphatic rings. The maximum atomic E-state index is 5.64. The molecule has 2 aromatic heterocycles. The second kappa shape index (κ2) is 3.78. The summed E-state index contributed by atoms with van der Waals surface area (Å²) in [5, 5.41) is 12.3. The Morgan fingerprint density at radius 2 is 2.20 bits per heavy atom. The molecule has 0 amide bonds. The highest BCUT2D eigenvalue weighted by Crippen LogP contribution is 2.12. The van der Waals surface area contributed by atoms with Gasteiger partial charge in [-0.3, -0.25) is 0 Å². The lowest BCUT2D eigenvalue weighted by molar-refractivity contribution is 0.763. The quantitative estimate of drug-likeness (QED) is 0.781. The molecule has 5 heteroatoms. The van der Waals surface area contributed by atoms with Crippen molar-refractivity contribution >= 4 is 0 Å². The fourth-order valence-corrected chi connectivity index (χ4v) is 1.53. The molecule has 15 heavy (non-hydrogen) atoms. The third-order valence-electron chi connectivity index (χ3n) is 2.21. The molecule has 0 aliphatic heterocycles. The van der Waals surface area contributed by atoms with Crippen LogP contribution in [0.25, 0.3) is 5.82 Å². The van der Waals surface area contributed by atoms with Gasteiger partial charge in [-0.25, -0.2) is 4.68 Å². The SMILES string of the molecule is Cc1cc(C)n(-c2nnccc2CN)n1. The van der Waals surface area contributed by atoms with Crippen molar-refractivity contribution in [3.63, 3.8) is 0 Å². The molecular weight excluding hydrogens is 190 g/mol. The molecule has 0 saturated heterocycles. The minimum absolute atomic E-state index is 0.434. The standard InChI is InChI=1S/C10H13N5/c1-7-5-8(2)15(14-7)10-9(6-11)3-4-12-13-10/h3-5H,6,11H2,1-2H3. The molecule has 0 aromatic carbocycles. The van der Waals surface area contributed by atoms with Crippen LogP contribution in [0, 0.1) is 13.8 Å². The van der Waals surface area contributed by atoms with Crippen molar-refractivity contribution < 1.29 is 0 Å². The Bertz CT molecular complexity index is 474. The van der Waals surface area contributed by atoms with Gasteiger partial charge < -0.3 is 5.73 Å². The molecule has 78 valence electrons. The first-order valence-corrected chi connectivity index (χ1v) is 4.76. The van der Waals surface area contributed by atoms with E-state index in [-0.39, 0.29) is 0 Å². The average molecular weight is 203 g/mol. The van der Waals surface area contributed by atoms with Crippen LogP contribution in [0.3, 0.4) is 0 Å². The summed E-state index contributed by atoms with van der Waals surface area (Å²) in [5.74, 6) is 0.714. The number of rotatable bonds is 2. The Balaban J connectivity index is 2.58. The number of hydrogen-bond acceptors (Lipinski definition) is 4. The van der Waals surface area contributed by atoms with Gasteiger partial charge >= 0.3 is 0 Å². The van der Waals surface area contributed by atoms with Crippen molar-refractivity contribution in [1.29, 1.82) is 0 Å². The van der Waals surface area contributed by atoms with Crippen LogP contribution >= 0.6 is 0 Å². The number of nitrogens with zero attached hydrogens (tertiary/aromatic N) is 4. The summed E-state index contributed by atoms with van der Waals surface area (Å²) in [6.45, 7) is 4.36. The third kappa shape index (κ3) is 1.73. The minimum atomic E-state index is 0.434. The van der Waals surface area contributed by atoms with Gasteiger partial charge in [-0.1, -0.05) is 0 Å². The topological polar surface area (TPSA) is 69.6 Å². The lowest BCUT2D eigenvalue weighted by Crippen LogP contribution is -2.10. The fraction of sp³-hybridized carbons (Fsp3) is 0.300. The summed E-state index contributed by atoms with van der Waals surface area (Å²) in [4.78, 5) is 0. The van der Waals surface area contributed by atoms with E-state index in [0.29, 0.717) is 12.4 Å². The molecule has 0 radical (unpaired) electrons. The van der Waals surface area contributed by atoms with Crippen LogP contribution in [0.5, 0.6) is 0 Å². The second-order valence-electron chi connectivity index (χ2n) is 3.42. The van der Waals surface area contributed by atoms with Crippen LogP contribution in [0.2, 0.25) is 0 Å². The Labute approximate surface area is 87.9 Å². The molecule has 0 aliphatic carbocycles. The van der Waals surface area contributed by atoms with Gasteiger partial charge in [0.05, 0.1) is 11.9 Å².